The SMILES string of the molecule is CSc1cc(-c2ncc(-c3cnn(COP(=O)(O)O)c3)c3onc(N)c23)c(F)cc1N. The Kier molecular flexibility index (Phi) is 5.45. The van der Waals surface area contributed by atoms with Gasteiger partial charge in [0.2, 0.25) is 0 Å². The van der Waals surface area contributed by atoms with Gasteiger partial charge in [0.1, 0.15) is 5.82 Å². The summed E-state index contributed by atoms with van der Waals surface area (Å²) in [7, 11) is -4.65. The van der Waals surface area contributed by atoms with Gasteiger partial charge in [0.15, 0.2) is 18.1 Å². The molecular formula is C17H16FN6O5PS. The van der Waals surface area contributed by atoms with E-state index in [1.54, 1.807) is 6.07 Å². The number of thioether (sulfide) groups is 1. The Bertz CT molecular complexity index is 1340. The van der Waals surface area contributed by atoms with Crippen LogP contribution in [0.3, 0.4) is 0 Å². The van der Waals surface area contributed by atoms with Crippen molar-refractivity contribution < 1.29 is 27.8 Å². The smallest absolute Gasteiger partial charge is 0.398 e. The number of fused-ring (bicyclic) bond motifs is 1. The Morgan fingerprint density at radius 3 is 2.77 bits per heavy atom. The van der Waals surface area contributed by atoms with Gasteiger partial charge in [-0.05, 0) is 18.4 Å². The van der Waals surface area contributed by atoms with E-state index >= 15 is 0 Å². The van der Waals surface area contributed by atoms with Crippen molar-refractivity contribution in [1.82, 2.24) is 19.9 Å². The van der Waals surface area contributed by atoms with E-state index in [-0.39, 0.29) is 22.7 Å². The Morgan fingerprint density at radius 2 is 2.06 bits per heavy atom. The Morgan fingerprint density at radius 1 is 1.29 bits per heavy atom. The molecule has 4 rings (SSSR count). The summed E-state index contributed by atoms with van der Waals surface area (Å²) in [5, 5.41) is 8.09. The second-order valence-electron chi connectivity index (χ2n) is 6.38. The van der Waals surface area contributed by atoms with Gasteiger partial charge in [0.25, 0.3) is 0 Å². The maximum absolute atomic E-state index is 14.7. The van der Waals surface area contributed by atoms with E-state index < -0.39 is 20.4 Å². The van der Waals surface area contributed by atoms with Gasteiger partial charge in [0, 0.05) is 39.7 Å². The lowest BCUT2D eigenvalue weighted by atomic mass is 10.0. The lowest BCUT2D eigenvalue weighted by molar-refractivity contribution is 0.145. The number of nitrogens with zero attached hydrogens (tertiary/aromatic N) is 4. The van der Waals surface area contributed by atoms with Crippen LogP contribution in [0, 0.1) is 5.82 Å². The van der Waals surface area contributed by atoms with Gasteiger partial charge in [-0.1, -0.05) is 5.16 Å². The van der Waals surface area contributed by atoms with Crippen molar-refractivity contribution in [2.45, 2.75) is 11.6 Å². The third-order valence-electron chi connectivity index (χ3n) is 4.40. The molecule has 0 saturated carbocycles. The summed E-state index contributed by atoms with van der Waals surface area (Å²) >= 11 is 1.37. The number of rotatable bonds is 6. The fourth-order valence-corrected chi connectivity index (χ4v) is 3.81. The van der Waals surface area contributed by atoms with Gasteiger partial charge < -0.3 is 25.8 Å². The number of hydrogen-bond acceptors (Lipinski definition) is 9. The third kappa shape index (κ3) is 4.13. The van der Waals surface area contributed by atoms with E-state index in [2.05, 4.69) is 19.8 Å². The van der Waals surface area contributed by atoms with Crippen LogP contribution in [-0.2, 0) is 15.8 Å². The second kappa shape index (κ2) is 7.94. The highest BCUT2D eigenvalue weighted by molar-refractivity contribution is 7.98. The number of aromatic nitrogens is 4. The Hall–Kier alpha value is -2.96. The first-order valence-corrected chi connectivity index (χ1v) is 11.3. The van der Waals surface area contributed by atoms with E-state index in [4.69, 9.17) is 25.8 Å². The minimum Gasteiger partial charge on any atom is -0.398 e. The molecule has 14 heteroatoms. The minimum atomic E-state index is -4.65. The molecule has 0 atom stereocenters. The Labute approximate surface area is 178 Å². The summed E-state index contributed by atoms with van der Waals surface area (Å²) in [5.74, 6) is -0.543. The van der Waals surface area contributed by atoms with Crippen molar-refractivity contribution in [3.63, 3.8) is 0 Å². The quantitative estimate of drug-likeness (QED) is 0.187. The molecule has 31 heavy (non-hydrogen) atoms. The molecule has 0 bridgehead atoms. The van der Waals surface area contributed by atoms with Crippen molar-refractivity contribution in [2.75, 3.05) is 17.7 Å². The molecule has 0 radical (unpaired) electrons. The van der Waals surface area contributed by atoms with E-state index in [0.29, 0.717) is 27.1 Å². The van der Waals surface area contributed by atoms with Crippen molar-refractivity contribution >= 4 is 42.1 Å². The second-order valence-corrected chi connectivity index (χ2v) is 8.47. The molecule has 0 saturated heterocycles. The molecule has 0 amide bonds. The molecule has 162 valence electrons. The van der Waals surface area contributed by atoms with Gasteiger partial charge in [-0.3, -0.25) is 9.51 Å². The van der Waals surface area contributed by atoms with Crippen LogP contribution in [0.2, 0.25) is 0 Å². The van der Waals surface area contributed by atoms with E-state index in [1.165, 1.54) is 41.1 Å². The lowest BCUT2D eigenvalue weighted by Crippen LogP contribution is -2.01. The van der Waals surface area contributed by atoms with Crippen LogP contribution in [0.25, 0.3) is 33.4 Å². The monoisotopic (exact) mass is 466 g/mol. The fourth-order valence-electron chi connectivity index (χ4n) is 3.01. The highest BCUT2D eigenvalue weighted by Gasteiger charge is 2.22. The fraction of sp³-hybridized carbons (Fsp3) is 0.118. The Balaban J connectivity index is 1.81. The number of phosphoric acid groups is 1. The van der Waals surface area contributed by atoms with Crippen molar-refractivity contribution in [3.8, 4) is 22.4 Å². The largest absolute Gasteiger partial charge is 0.471 e. The van der Waals surface area contributed by atoms with Gasteiger partial charge >= 0.3 is 7.82 Å². The van der Waals surface area contributed by atoms with E-state index in [0.717, 1.165) is 0 Å². The van der Waals surface area contributed by atoms with Gasteiger partial charge in [-0.25, -0.2) is 13.6 Å². The zero-order valence-electron chi connectivity index (χ0n) is 15.9. The molecule has 11 nitrogen and oxygen atoms in total. The highest BCUT2D eigenvalue weighted by Crippen LogP contribution is 2.40. The summed E-state index contributed by atoms with van der Waals surface area (Å²) in [5.41, 5.74) is 13.8. The summed E-state index contributed by atoms with van der Waals surface area (Å²) < 4.78 is 36.6. The first-order valence-electron chi connectivity index (χ1n) is 8.58. The van der Waals surface area contributed by atoms with Crippen molar-refractivity contribution in [1.29, 1.82) is 0 Å². The topological polar surface area (TPSA) is 176 Å². The van der Waals surface area contributed by atoms with Crippen LogP contribution in [0.1, 0.15) is 0 Å². The number of nitrogens with two attached hydrogens (primary N) is 2. The van der Waals surface area contributed by atoms with Crippen LogP contribution >= 0.6 is 19.6 Å². The zero-order chi connectivity index (χ0) is 22.3. The number of phosphoric ester groups is 1. The summed E-state index contributed by atoms with van der Waals surface area (Å²) in [4.78, 5) is 22.7. The molecule has 3 heterocycles. The lowest BCUT2D eigenvalue weighted by Gasteiger charge is -2.10. The van der Waals surface area contributed by atoms with Crippen LogP contribution in [0.15, 0.2) is 40.1 Å². The predicted molar refractivity (Wildman–Crippen MR) is 112 cm³/mol. The first kappa shape index (κ1) is 21.3. The van der Waals surface area contributed by atoms with Crippen LogP contribution in [0.4, 0.5) is 15.9 Å². The number of anilines is 2. The summed E-state index contributed by atoms with van der Waals surface area (Å²) in [6.45, 7) is -0.467. The molecule has 0 unspecified atom stereocenters. The van der Waals surface area contributed by atoms with Crippen LogP contribution < -0.4 is 11.5 Å². The number of nitrogen functional groups attached to an aromatic ring is 2. The number of pyridine rings is 1. The maximum atomic E-state index is 14.7. The number of halogens is 1. The minimum absolute atomic E-state index is 0.0264. The summed E-state index contributed by atoms with van der Waals surface area (Å²) in [6, 6.07) is 2.80. The number of hydrogen-bond donors (Lipinski definition) is 4. The summed E-state index contributed by atoms with van der Waals surface area (Å²) in [6.07, 6.45) is 6.16. The zero-order valence-corrected chi connectivity index (χ0v) is 17.6. The normalized spacial score (nSPS) is 12.0. The van der Waals surface area contributed by atoms with E-state index in [9.17, 15) is 8.96 Å². The third-order valence-corrected chi connectivity index (χ3v) is 5.64. The molecule has 3 aromatic heterocycles. The van der Waals surface area contributed by atoms with Crippen LogP contribution in [0.5, 0.6) is 0 Å². The van der Waals surface area contributed by atoms with E-state index in [1.807, 2.05) is 6.26 Å². The molecule has 0 spiro atoms. The maximum Gasteiger partial charge on any atom is 0.471 e. The predicted octanol–water partition coefficient (Wildman–Crippen LogP) is 2.85. The average Bonchev–Trinajstić information content (AvgIpc) is 3.33. The molecule has 1 aromatic carbocycles. The standard InChI is InChI=1S/C17H16FN6O5PS/c1-31-13-2-9(11(18)3-12(13)19)15-14-16(29-23-17(14)20)10(5-21-15)8-4-22-24(6-8)7-28-30(25,26)27/h2-6H,7,19H2,1H3,(H2,20,23)(H2,25,26,27). The van der Waals surface area contributed by atoms with Crippen molar-refractivity contribution in [3.05, 3.63) is 36.5 Å². The average molecular weight is 466 g/mol. The first-order chi connectivity index (χ1) is 14.7. The van der Waals surface area contributed by atoms with Crippen molar-refractivity contribution in [2.24, 2.45) is 0 Å². The van der Waals surface area contributed by atoms with Gasteiger partial charge in [-0.15, -0.1) is 11.8 Å². The molecule has 6 N–H and O–H groups in total. The molecule has 4 aromatic rings. The molecule has 0 aliphatic rings. The van der Waals surface area contributed by atoms with Gasteiger partial charge in [-0.2, -0.15) is 5.10 Å². The van der Waals surface area contributed by atoms with Gasteiger partial charge in [0.05, 0.1) is 17.3 Å². The molecule has 0 fully saturated rings. The molecule has 0 aliphatic carbocycles. The molecular weight excluding hydrogens is 450 g/mol. The van der Waals surface area contributed by atoms with Crippen LogP contribution in [-0.4, -0.2) is 36.0 Å². The highest BCUT2D eigenvalue weighted by atomic mass is 32.2. The molecule has 0 aliphatic heterocycles. The number of benzene rings is 1.